The molecule has 152 valence electrons. The molecule has 3 aromatic rings. The average molecular weight is 417 g/mol. The van der Waals surface area contributed by atoms with Gasteiger partial charge in [-0.25, -0.2) is 4.39 Å². The van der Waals surface area contributed by atoms with Gasteiger partial charge in [0.2, 0.25) is 11.7 Å². The third-order valence-corrected chi connectivity index (χ3v) is 5.27. The van der Waals surface area contributed by atoms with Crippen molar-refractivity contribution >= 4 is 11.6 Å². The predicted octanol–water partition coefficient (Wildman–Crippen LogP) is 3.86. The van der Waals surface area contributed by atoms with E-state index >= 15 is 0 Å². The fourth-order valence-electron chi connectivity index (χ4n) is 3.40. The summed E-state index contributed by atoms with van der Waals surface area (Å²) in [5.41, 5.74) is 1.82. The smallest absolute Gasteiger partial charge is 0.241 e. The van der Waals surface area contributed by atoms with Crippen LogP contribution in [-0.4, -0.2) is 53.2 Å². The molecule has 0 N–H and O–H groups in total. The molecule has 0 radical (unpaired) electrons. The van der Waals surface area contributed by atoms with Crippen molar-refractivity contribution in [2.45, 2.75) is 13.1 Å². The minimum atomic E-state index is -0.323. The summed E-state index contributed by atoms with van der Waals surface area (Å²) in [6.45, 7) is 4.90. The van der Waals surface area contributed by atoms with Gasteiger partial charge in [-0.2, -0.15) is 4.98 Å². The highest BCUT2D eigenvalue weighted by atomic mass is 35.5. The Bertz CT molecular complexity index is 956. The highest BCUT2D eigenvalue weighted by Crippen LogP contribution is 2.21. The minimum Gasteiger partial charge on any atom is -0.494 e. The fraction of sp³-hybridized carbons (Fsp3) is 0.333. The van der Waals surface area contributed by atoms with Gasteiger partial charge in [0.15, 0.2) is 11.6 Å². The summed E-state index contributed by atoms with van der Waals surface area (Å²) in [7, 11) is 1.47. The van der Waals surface area contributed by atoms with Crippen molar-refractivity contribution < 1.29 is 13.7 Å². The molecule has 2 aromatic carbocycles. The molecular weight excluding hydrogens is 395 g/mol. The van der Waals surface area contributed by atoms with Crippen LogP contribution in [0.4, 0.5) is 4.39 Å². The van der Waals surface area contributed by atoms with Crippen molar-refractivity contribution in [2.24, 2.45) is 0 Å². The molecule has 4 rings (SSSR count). The van der Waals surface area contributed by atoms with E-state index in [4.69, 9.17) is 20.9 Å². The maximum atomic E-state index is 13.9. The Hall–Kier alpha value is -2.48. The zero-order chi connectivity index (χ0) is 20.2. The molecule has 6 nitrogen and oxygen atoms in total. The third kappa shape index (κ3) is 4.93. The first-order valence-electron chi connectivity index (χ1n) is 9.46. The molecule has 1 aliphatic rings. The van der Waals surface area contributed by atoms with E-state index in [9.17, 15) is 4.39 Å². The molecular formula is C21H22ClFN4O2. The first kappa shape index (κ1) is 19.8. The van der Waals surface area contributed by atoms with Crippen LogP contribution in [0.15, 0.2) is 47.0 Å². The predicted molar refractivity (Wildman–Crippen MR) is 108 cm³/mol. The van der Waals surface area contributed by atoms with Crippen molar-refractivity contribution in [3.63, 3.8) is 0 Å². The van der Waals surface area contributed by atoms with Crippen molar-refractivity contribution in [3.8, 4) is 17.1 Å². The van der Waals surface area contributed by atoms with E-state index in [-0.39, 0.29) is 11.6 Å². The molecule has 0 atom stereocenters. The standard InChI is InChI=1S/C21H22ClFN4O2/c1-28-19-7-2-15(12-18(19)23)13-26-8-10-27(11-9-26)14-20-24-21(25-29-20)16-3-5-17(22)6-4-16/h2-7,12H,8-11,13-14H2,1H3. The molecule has 1 aromatic heterocycles. The summed E-state index contributed by atoms with van der Waals surface area (Å²) in [6.07, 6.45) is 0. The topological polar surface area (TPSA) is 54.6 Å². The maximum Gasteiger partial charge on any atom is 0.241 e. The van der Waals surface area contributed by atoms with Gasteiger partial charge in [-0.15, -0.1) is 0 Å². The lowest BCUT2D eigenvalue weighted by molar-refractivity contribution is 0.112. The van der Waals surface area contributed by atoms with E-state index in [0.717, 1.165) is 43.9 Å². The van der Waals surface area contributed by atoms with Crippen molar-refractivity contribution in [1.29, 1.82) is 0 Å². The Labute approximate surface area is 173 Å². The molecule has 0 aliphatic carbocycles. The van der Waals surface area contributed by atoms with Crippen LogP contribution in [0.3, 0.4) is 0 Å². The van der Waals surface area contributed by atoms with Crippen LogP contribution in [-0.2, 0) is 13.1 Å². The van der Waals surface area contributed by atoms with E-state index in [1.54, 1.807) is 24.3 Å². The zero-order valence-corrected chi connectivity index (χ0v) is 16.9. The van der Waals surface area contributed by atoms with Gasteiger partial charge in [0, 0.05) is 43.3 Å². The first-order valence-corrected chi connectivity index (χ1v) is 9.84. The number of hydrogen-bond donors (Lipinski definition) is 0. The van der Waals surface area contributed by atoms with Crippen molar-refractivity contribution in [1.82, 2.24) is 19.9 Å². The van der Waals surface area contributed by atoms with Crippen molar-refractivity contribution in [3.05, 3.63) is 64.8 Å². The number of piperazine rings is 1. The summed E-state index contributed by atoms with van der Waals surface area (Å²) in [4.78, 5) is 9.08. The Morgan fingerprint density at radius 1 is 1.03 bits per heavy atom. The van der Waals surface area contributed by atoms with Gasteiger partial charge in [0.05, 0.1) is 13.7 Å². The van der Waals surface area contributed by atoms with E-state index in [1.807, 2.05) is 18.2 Å². The quantitative estimate of drug-likeness (QED) is 0.608. The van der Waals surface area contributed by atoms with Gasteiger partial charge < -0.3 is 9.26 Å². The number of nitrogens with zero attached hydrogens (tertiary/aromatic N) is 4. The number of aromatic nitrogens is 2. The molecule has 0 saturated carbocycles. The SMILES string of the molecule is COc1ccc(CN2CCN(Cc3nc(-c4ccc(Cl)cc4)no3)CC2)cc1F. The molecule has 29 heavy (non-hydrogen) atoms. The summed E-state index contributed by atoms with van der Waals surface area (Å²) >= 11 is 5.92. The summed E-state index contributed by atoms with van der Waals surface area (Å²) < 4.78 is 24.3. The molecule has 8 heteroatoms. The normalized spacial score (nSPS) is 15.6. The maximum absolute atomic E-state index is 13.9. The molecule has 0 unspecified atom stereocenters. The Morgan fingerprint density at radius 3 is 2.38 bits per heavy atom. The van der Waals surface area contributed by atoms with Gasteiger partial charge in [-0.05, 0) is 42.0 Å². The van der Waals surface area contributed by atoms with Crippen LogP contribution in [0.2, 0.25) is 5.02 Å². The monoisotopic (exact) mass is 416 g/mol. The lowest BCUT2D eigenvalue weighted by Crippen LogP contribution is -2.45. The molecule has 0 amide bonds. The van der Waals surface area contributed by atoms with Crippen LogP contribution in [0.5, 0.6) is 5.75 Å². The van der Waals surface area contributed by atoms with Crippen LogP contribution < -0.4 is 4.74 Å². The Balaban J connectivity index is 1.29. The van der Waals surface area contributed by atoms with E-state index < -0.39 is 0 Å². The highest BCUT2D eigenvalue weighted by molar-refractivity contribution is 6.30. The van der Waals surface area contributed by atoms with E-state index in [0.29, 0.717) is 23.3 Å². The Kier molecular flexibility index (Phi) is 6.08. The highest BCUT2D eigenvalue weighted by Gasteiger charge is 2.20. The van der Waals surface area contributed by atoms with Gasteiger partial charge in [0.1, 0.15) is 0 Å². The molecule has 0 bridgehead atoms. The molecule has 1 saturated heterocycles. The van der Waals surface area contributed by atoms with Crippen molar-refractivity contribution in [2.75, 3.05) is 33.3 Å². The lowest BCUT2D eigenvalue weighted by atomic mass is 10.2. The number of rotatable bonds is 6. The molecule has 0 spiro atoms. The van der Waals surface area contributed by atoms with Crippen LogP contribution in [0.1, 0.15) is 11.5 Å². The van der Waals surface area contributed by atoms with Gasteiger partial charge >= 0.3 is 0 Å². The second kappa shape index (κ2) is 8.90. The third-order valence-electron chi connectivity index (χ3n) is 5.02. The van der Waals surface area contributed by atoms with Gasteiger partial charge in [0.25, 0.3) is 0 Å². The second-order valence-electron chi connectivity index (χ2n) is 7.04. The fourth-order valence-corrected chi connectivity index (χ4v) is 3.52. The largest absolute Gasteiger partial charge is 0.494 e. The number of methoxy groups -OCH3 is 1. The second-order valence-corrected chi connectivity index (χ2v) is 7.48. The Morgan fingerprint density at radius 2 is 1.72 bits per heavy atom. The number of ether oxygens (including phenoxy) is 1. The number of benzene rings is 2. The number of hydrogen-bond acceptors (Lipinski definition) is 6. The summed E-state index contributed by atoms with van der Waals surface area (Å²) in [5.74, 6) is 1.12. The lowest BCUT2D eigenvalue weighted by Gasteiger charge is -2.33. The minimum absolute atomic E-state index is 0.274. The molecule has 1 fully saturated rings. The molecule has 1 aliphatic heterocycles. The summed E-state index contributed by atoms with van der Waals surface area (Å²) in [5, 5.41) is 4.74. The van der Waals surface area contributed by atoms with Crippen LogP contribution in [0, 0.1) is 5.82 Å². The zero-order valence-electron chi connectivity index (χ0n) is 16.1. The van der Waals surface area contributed by atoms with Gasteiger partial charge in [-0.1, -0.05) is 22.8 Å². The van der Waals surface area contributed by atoms with Crippen LogP contribution in [0.25, 0.3) is 11.4 Å². The first-order chi connectivity index (χ1) is 14.1. The van der Waals surface area contributed by atoms with E-state index in [2.05, 4.69) is 19.9 Å². The average Bonchev–Trinajstić information content (AvgIpc) is 3.19. The van der Waals surface area contributed by atoms with E-state index in [1.165, 1.54) is 7.11 Å². The van der Waals surface area contributed by atoms with Gasteiger partial charge in [-0.3, -0.25) is 9.80 Å². The van der Waals surface area contributed by atoms with Crippen LogP contribution >= 0.6 is 11.6 Å². The number of halogens is 2. The molecule has 2 heterocycles. The summed E-state index contributed by atoms with van der Waals surface area (Å²) in [6, 6.07) is 12.5.